The SMILES string of the molecule is CC1(C)Cc2c(OCc3ccccc3)ccc(C(=O)/C=C/c3cn(-c4ccccc4)nc3-c3ccc([N+](=O)[O-])cc3)c2O1. The Balaban J connectivity index is 1.32. The molecular formula is C35H29N3O5. The Hall–Kier alpha value is -5.50. The highest BCUT2D eigenvalue weighted by molar-refractivity contribution is 6.09. The predicted octanol–water partition coefficient (Wildman–Crippen LogP) is 7.64. The molecule has 0 bridgehead atoms. The van der Waals surface area contributed by atoms with E-state index < -0.39 is 10.5 Å². The standard InChI is InChI=1S/C35H29N3O5/c1-35(2)21-30-32(42-23-24-9-5-3-6-10-24)20-18-29(34(30)43-35)31(39)19-15-26-22-37(27-11-7-4-8-12-27)36-33(26)25-13-16-28(17-14-25)38(40)41/h3-20,22H,21,23H2,1-2H3/b19-15+. The molecular weight excluding hydrogens is 542 g/mol. The number of aromatic nitrogens is 2. The monoisotopic (exact) mass is 571 g/mol. The van der Waals surface area contributed by atoms with Gasteiger partial charge in [0.15, 0.2) is 5.78 Å². The van der Waals surface area contributed by atoms with E-state index >= 15 is 0 Å². The normalized spacial score (nSPS) is 13.4. The average Bonchev–Trinajstić information content (AvgIpc) is 3.60. The largest absolute Gasteiger partial charge is 0.488 e. The summed E-state index contributed by atoms with van der Waals surface area (Å²) in [5.74, 6) is 1.03. The quantitative estimate of drug-likeness (QED) is 0.0781. The van der Waals surface area contributed by atoms with Gasteiger partial charge in [0.25, 0.3) is 5.69 Å². The number of carbonyl (C=O) groups excluding carboxylic acids is 1. The van der Waals surface area contributed by atoms with Crippen LogP contribution in [0, 0.1) is 10.1 Å². The molecule has 0 fully saturated rings. The lowest BCUT2D eigenvalue weighted by molar-refractivity contribution is -0.384. The van der Waals surface area contributed by atoms with Crippen molar-refractivity contribution in [3.05, 3.63) is 142 Å². The molecule has 6 rings (SSSR count). The number of ether oxygens (including phenoxy) is 2. The van der Waals surface area contributed by atoms with Crippen molar-refractivity contribution in [2.75, 3.05) is 0 Å². The molecule has 0 saturated carbocycles. The van der Waals surface area contributed by atoms with Crippen LogP contribution in [0.1, 0.15) is 40.9 Å². The van der Waals surface area contributed by atoms with Gasteiger partial charge in [-0.3, -0.25) is 14.9 Å². The van der Waals surface area contributed by atoms with Crippen molar-refractivity contribution in [2.45, 2.75) is 32.5 Å². The molecule has 4 aromatic carbocycles. The van der Waals surface area contributed by atoms with Gasteiger partial charge < -0.3 is 9.47 Å². The van der Waals surface area contributed by atoms with Crippen LogP contribution in [0.3, 0.4) is 0 Å². The first-order valence-corrected chi connectivity index (χ1v) is 13.9. The van der Waals surface area contributed by atoms with E-state index in [0.717, 1.165) is 16.8 Å². The molecule has 1 aliphatic rings. The molecule has 0 atom stereocenters. The number of benzene rings is 4. The van der Waals surface area contributed by atoms with Crippen molar-refractivity contribution in [2.24, 2.45) is 0 Å². The summed E-state index contributed by atoms with van der Waals surface area (Å²) in [6.45, 7) is 4.40. The van der Waals surface area contributed by atoms with Gasteiger partial charge in [-0.1, -0.05) is 48.5 Å². The van der Waals surface area contributed by atoms with Gasteiger partial charge in [-0.2, -0.15) is 5.10 Å². The van der Waals surface area contributed by atoms with Gasteiger partial charge in [0, 0.05) is 41.4 Å². The summed E-state index contributed by atoms with van der Waals surface area (Å²) in [5, 5.41) is 15.9. The fourth-order valence-corrected chi connectivity index (χ4v) is 5.14. The Morgan fingerprint density at radius 2 is 1.70 bits per heavy atom. The van der Waals surface area contributed by atoms with Gasteiger partial charge in [0.1, 0.15) is 23.7 Å². The van der Waals surface area contributed by atoms with Gasteiger partial charge in [-0.25, -0.2) is 4.68 Å². The maximum Gasteiger partial charge on any atom is 0.269 e. The van der Waals surface area contributed by atoms with Crippen LogP contribution < -0.4 is 9.47 Å². The molecule has 0 radical (unpaired) electrons. The average molecular weight is 572 g/mol. The third kappa shape index (κ3) is 5.94. The number of nitro benzene ring substituents is 1. The highest BCUT2D eigenvalue weighted by Gasteiger charge is 2.35. The summed E-state index contributed by atoms with van der Waals surface area (Å²) < 4.78 is 14.2. The third-order valence-electron chi connectivity index (χ3n) is 7.23. The van der Waals surface area contributed by atoms with Crippen LogP contribution in [0.15, 0.2) is 109 Å². The zero-order valence-electron chi connectivity index (χ0n) is 23.8. The van der Waals surface area contributed by atoms with Crippen LogP contribution in [-0.4, -0.2) is 26.1 Å². The second-order valence-corrected chi connectivity index (χ2v) is 10.9. The lowest BCUT2D eigenvalue weighted by atomic mass is 9.98. The first-order valence-electron chi connectivity index (χ1n) is 13.9. The third-order valence-corrected chi connectivity index (χ3v) is 7.23. The number of non-ortho nitro benzene ring substituents is 1. The van der Waals surface area contributed by atoms with E-state index in [1.807, 2.05) is 86.8 Å². The highest BCUT2D eigenvalue weighted by Crippen LogP contribution is 2.43. The van der Waals surface area contributed by atoms with E-state index in [4.69, 9.17) is 14.6 Å². The number of ketones is 1. The number of fused-ring (bicyclic) bond motifs is 1. The van der Waals surface area contributed by atoms with Crippen LogP contribution in [0.5, 0.6) is 11.5 Å². The lowest BCUT2D eigenvalue weighted by Crippen LogP contribution is -2.25. The van der Waals surface area contributed by atoms with Crippen molar-refractivity contribution in [3.63, 3.8) is 0 Å². The molecule has 2 heterocycles. The summed E-state index contributed by atoms with van der Waals surface area (Å²) in [5.41, 5.74) is 4.72. The van der Waals surface area contributed by atoms with Gasteiger partial charge in [-0.15, -0.1) is 0 Å². The van der Waals surface area contributed by atoms with E-state index in [-0.39, 0.29) is 11.5 Å². The maximum absolute atomic E-state index is 13.6. The van der Waals surface area contributed by atoms with E-state index in [1.165, 1.54) is 18.2 Å². The second-order valence-electron chi connectivity index (χ2n) is 10.9. The predicted molar refractivity (Wildman–Crippen MR) is 165 cm³/mol. The number of carbonyl (C=O) groups is 1. The van der Waals surface area contributed by atoms with Crippen LogP contribution in [0.25, 0.3) is 23.0 Å². The molecule has 0 saturated heterocycles. The fraction of sp³-hybridized carbons (Fsp3) is 0.143. The smallest absolute Gasteiger partial charge is 0.269 e. The molecule has 43 heavy (non-hydrogen) atoms. The van der Waals surface area contributed by atoms with Gasteiger partial charge in [0.05, 0.1) is 21.9 Å². The van der Waals surface area contributed by atoms with Crippen LogP contribution in [0.4, 0.5) is 5.69 Å². The van der Waals surface area contributed by atoms with Gasteiger partial charge in [0.2, 0.25) is 0 Å². The molecule has 214 valence electrons. The van der Waals surface area contributed by atoms with Crippen molar-refractivity contribution in [1.82, 2.24) is 9.78 Å². The van der Waals surface area contributed by atoms with Crippen LogP contribution in [0.2, 0.25) is 0 Å². The van der Waals surface area contributed by atoms with Crippen molar-refractivity contribution < 1.29 is 19.2 Å². The molecule has 5 aromatic rings. The molecule has 0 spiro atoms. The number of hydrogen-bond acceptors (Lipinski definition) is 6. The zero-order valence-corrected chi connectivity index (χ0v) is 23.8. The van der Waals surface area contributed by atoms with Crippen molar-refractivity contribution >= 4 is 17.5 Å². The molecule has 1 aromatic heterocycles. The van der Waals surface area contributed by atoms with E-state index in [1.54, 1.807) is 29.0 Å². The Bertz CT molecular complexity index is 1830. The van der Waals surface area contributed by atoms with E-state index in [9.17, 15) is 14.9 Å². The van der Waals surface area contributed by atoms with E-state index in [0.29, 0.717) is 46.9 Å². The molecule has 0 amide bonds. The lowest BCUT2D eigenvalue weighted by Gasteiger charge is -2.17. The van der Waals surface area contributed by atoms with Gasteiger partial charge >= 0.3 is 0 Å². The zero-order chi connectivity index (χ0) is 30.0. The minimum absolute atomic E-state index is 0.00788. The molecule has 1 aliphatic heterocycles. The molecule has 8 nitrogen and oxygen atoms in total. The topological polar surface area (TPSA) is 96.5 Å². The number of hydrogen-bond donors (Lipinski definition) is 0. The minimum atomic E-state index is -0.479. The highest BCUT2D eigenvalue weighted by atomic mass is 16.6. The number of rotatable bonds is 9. The minimum Gasteiger partial charge on any atom is -0.488 e. The number of nitrogens with zero attached hydrogens (tertiary/aromatic N) is 3. The summed E-state index contributed by atoms with van der Waals surface area (Å²) in [6.07, 6.45) is 5.68. The molecule has 0 N–H and O–H groups in total. The summed E-state index contributed by atoms with van der Waals surface area (Å²) in [7, 11) is 0. The Morgan fingerprint density at radius 1 is 1.00 bits per heavy atom. The summed E-state index contributed by atoms with van der Waals surface area (Å²) in [4.78, 5) is 24.4. The second kappa shape index (κ2) is 11.4. The van der Waals surface area contributed by atoms with Crippen LogP contribution >= 0.6 is 0 Å². The van der Waals surface area contributed by atoms with Gasteiger partial charge in [-0.05, 0) is 68.0 Å². The maximum atomic E-state index is 13.6. The molecule has 0 unspecified atom stereocenters. The Kier molecular flexibility index (Phi) is 7.34. The number of allylic oxidation sites excluding steroid dienone is 1. The van der Waals surface area contributed by atoms with Crippen molar-refractivity contribution in [3.8, 4) is 28.4 Å². The summed E-state index contributed by atoms with van der Waals surface area (Å²) in [6, 6.07) is 29.3. The first kappa shape index (κ1) is 27.7. The number of para-hydroxylation sites is 1. The number of nitro groups is 1. The molecule has 8 heteroatoms. The van der Waals surface area contributed by atoms with Crippen LogP contribution in [-0.2, 0) is 13.0 Å². The van der Waals surface area contributed by atoms with E-state index in [2.05, 4.69) is 0 Å². The summed E-state index contributed by atoms with van der Waals surface area (Å²) >= 11 is 0. The van der Waals surface area contributed by atoms with Crippen molar-refractivity contribution in [1.29, 1.82) is 0 Å². The fourth-order valence-electron chi connectivity index (χ4n) is 5.14. The Labute approximate surface area is 249 Å². The Morgan fingerprint density at radius 3 is 2.40 bits per heavy atom. The first-order chi connectivity index (χ1) is 20.8. The molecule has 0 aliphatic carbocycles.